The van der Waals surface area contributed by atoms with Crippen molar-refractivity contribution in [2.45, 2.75) is 39.1 Å². The fourth-order valence-electron chi connectivity index (χ4n) is 4.39. The molecule has 2 heterocycles. The second-order valence-corrected chi connectivity index (χ2v) is 11.4. The highest BCUT2D eigenvalue weighted by atomic mass is 32.2. The minimum Gasteiger partial charge on any atom is -0.462 e. The maximum atomic E-state index is 13.3. The SMILES string of the molecule is CCOC(=O)c1cnc(N=Nc2cc3c(cc2NS(=O)(=O)C(F)(F)F)N(CC(C)C)CCC3)nc1-c1ccccc1. The molecular formula is C27H29F3N6O4S. The van der Waals surface area contributed by atoms with E-state index >= 15 is 0 Å². The Hall–Kier alpha value is -4.07. The number of ether oxygens (including phenoxy) is 1. The molecule has 0 aliphatic carbocycles. The van der Waals surface area contributed by atoms with Gasteiger partial charge in [-0.15, -0.1) is 10.2 Å². The second kappa shape index (κ2) is 12.2. The lowest BCUT2D eigenvalue weighted by molar-refractivity contribution is -0.0429. The number of esters is 1. The van der Waals surface area contributed by atoms with Crippen LogP contribution in [0.5, 0.6) is 0 Å². The van der Waals surface area contributed by atoms with Gasteiger partial charge in [0.15, 0.2) is 0 Å². The molecule has 218 valence electrons. The number of hydrogen-bond donors (Lipinski definition) is 1. The first-order valence-electron chi connectivity index (χ1n) is 12.9. The minimum absolute atomic E-state index is 0.0923. The van der Waals surface area contributed by atoms with Crippen molar-refractivity contribution in [2.24, 2.45) is 16.1 Å². The number of anilines is 2. The summed E-state index contributed by atoms with van der Waals surface area (Å²) in [4.78, 5) is 22.9. The smallest absolute Gasteiger partial charge is 0.462 e. The fraction of sp³-hybridized carbons (Fsp3) is 0.370. The predicted molar refractivity (Wildman–Crippen MR) is 148 cm³/mol. The maximum absolute atomic E-state index is 13.3. The van der Waals surface area contributed by atoms with Crippen LogP contribution in [0.4, 0.5) is 36.2 Å². The average molecular weight is 591 g/mol. The van der Waals surface area contributed by atoms with Crippen molar-refractivity contribution < 1.29 is 31.1 Å². The summed E-state index contributed by atoms with van der Waals surface area (Å²) in [6, 6.07) is 11.6. The third-order valence-electron chi connectivity index (χ3n) is 6.11. The molecule has 0 unspecified atom stereocenters. The van der Waals surface area contributed by atoms with Crippen LogP contribution in [0.25, 0.3) is 11.3 Å². The van der Waals surface area contributed by atoms with Gasteiger partial charge >= 0.3 is 21.5 Å². The van der Waals surface area contributed by atoms with Crippen molar-refractivity contribution in [1.29, 1.82) is 0 Å². The van der Waals surface area contributed by atoms with Gasteiger partial charge in [0.2, 0.25) is 0 Å². The van der Waals surface area contributed by atoms with Crippen LogP contribution in [-0.2, 0) is 21.2 Å². The van der Waals surface area contributed by atoms with Crippen LogP contribution in [0.15, 0.2) is 58.9 Å². The Labute approximate surface area is 235 Å². The number of alkyl halides is 3. The first kappa shape index (κ1) is 29.9. The molecule has 4 rings (SSSR count). The van der Waals surface area contributed by atoms with Crippen molar-refractivity contribution in [2.75, 3.05) is 29.3 Å². The number of carbonyl (C=O) groups excluding carboxylic acids is 1. The molecule has 1 aromatic heterocycles. The van der Waals surface area contributed by atoms with Crippen LogP contribution < -0.4 is 9.62 Å². The van der Waals surface area contributed by atoms with Crippen molar-refractivity contribution in [3.8, 4) is 11.3 Å². The van der Waals surface area contributed by atoms with Crippen molar-refractivity contribution >= 4 is 39.0 Å². The Bertz CT molecular complexity index is 1550. The van der Waals surface area contributed by atoms with Gasteiger partial charge in [-0.05, 0) is 43.4 Å². The van der Waals surface area contributed by atoms with E-state index in [9.17, 15) is 26.4 Å². The number of fused-ring (bicyclic) bond motifs is 1. The summed E-state index contributed by atoms with van der Waals surface area (Å²) in [6.07, 6.45) is 2.66. The molecule has 0 saturated heterocycles. The molecule has 0 amide bonds. The van der Waals surface area contributed by atoms with Gasteiger partial charge < -0.3 is 9.64 Å². The topological polar surface area (TPSA) is 126 Å². The van der Waals surface area contributed by atoms with Gasteiger partial charge in [-0.25, -0.2) is 14.8 Å². The summed E-state index contributed by atoms with van der Waals surface area (Å²) < 4.78 is 70.7. The normalized spacial score (nSPS) is 13.9. The molecule has 3 aromatic rings. The number of halogens is 3. The molecule has 0 saturated carbocycles. The van der Waals surface area contributed by atoms with Crippen LogP contribution in [0.3, 0.4) is 0 Å². The maximum Gasteiger partial charge on any atom is 0.516 e. The number of aromatic nitrogens is 2. The van der Waals surface area contributed by atoms with Crippen molar-refractivity contribution in [3.63, 3.8) is 0 Å². The highest BCUT2D eigenvalue weighted by Gasteiger charge is 2.46. The standard InChI is InChI=1S/C27H29F3N6O4S/c1-4-40-25(37)20-15-31-26(32-24(20)18-9-6-5-7-10-18)34-33-21-13-19-11-8-12-36(16-17(2)3)23(19)14-22(21)35-41(38,39)27(28,29)30/h5-7,9-10,13-15,17,35H,4,8,11-12,16H2,1-3H3. The number of hydrogen-bond acceptors (Lipinski definition) is 9. The highest BCUT2D eigenvalue weighted by Crippen LogP contribution is 2.39. The number of sulfonamides is 1. The quantitative estimate of drug-likeness (QED) is 0.226. The number of aryl methyl sites for hydroxylation is 1. The molecule has 14 heteroatoms. The Morgan fingerprint density at radius 1 is 1.17 bits per heavy atom. The van der Waals surface area contributed by atoms with E-state index in [1.165, 1.54) is 18.3 Å². The zero-order valence-electron chi connectivity index (χ0n) is 22.6. The van der Waals surface area contributed by atoms with Crippen LogP contribution >= 0.6 is 0 Å². The van der Waals surface area contributed by atoms with E-state index < -0.39 is 21.5 Å². The fourth-order valence-corrected chi connectivity index (χ4v) is 4.96. The van der Waals surface area contributed by atoms with Gasteiger partial charge in [0.1, 0.15) is 11.3 Å². The Morgan fingerprint density at radius 3 is 2.56 bits per heavy atom. The van der Waals surface area contributed by atoms with E-state index in [2.05, 4.69) is 20.2 Å². The number of azo groups is 1. The van der Waals surface area contributed by atoms with E-state index in [0.717, 1.165) is 12.0 Å². The minimum atomic E-state index is -5.74. The number of nitrogens with one attached hydrogen (secondary N) is 1. The molecule has 0 spiro atoms. The summed E-state index contributed by atoms with van der Waals surface area (Å²) in [7, 11) is -5.74. The first-order chi connectivity index (χ1) is 19.4. The van der Waals surface area contributed by atoms with Crippen molar-refractivity contribution in [1.82, 2.24) is 9.97 Å². The van der Waals surface area contributed by atoms with Gasteiger partial charge in [0.25, 0.3) is 5.95 Å². The lowest BCUT2D eigenvalue weighted by atomic mass is 9.99. The molecule has 1 N–H and O–H groups in total. The van der Waals surface area contributed by atoms with Crippen LogP contribution in [0, 0.1) is 5.92 Å². The molecule has 1 aliphatic heterocycles. The summed E-state index contributed by atoms with van der Waals surface area (Å²) in [5, 5.41) is 8.05. The molecule has 10 nitrogen and oxygen atoms in total. The zero-order valence-corrected chi connectivity index (χ0v) is 23.5. The Morgan fingerprint density at radius 2 is 1.90 bits per heavy atom. The van der Waals surface area contributed by atoms with E-state index in [0.29, 0.717) is 30.8 Å². The summed E-state index contributed by atoms with van der Waals surface area (Å²) in [5.74, 6) is -0.566. The Balaban J connectivity index is 1.79. The zero-order chi connectivity index (χ0) is 29.8. The second-order valence-electron chi connectivity index (χ2n) is 9.71. The summed E-state index contributed by atoms with van der Waals surface area (Å²) >= 11 is 0. The van der Waals surface area contributed by atoms with Gasteiger partial charge in [-0.1, -0.05) is 44.2 Å². The summed E-state index contributed by atoms with van der Waals surface area (Å²) in [6.45, 7) is 7.15. The van der Waals surface area contributed by atoms with E-state index in [4.69, 9.17) is 4.74 Å². The van der Waals surface area contributed by atoms with Crippen LogP contribution in [0.1, 0.15) is 43.1 Å². The third kappa shape index (κ3) is 6.99. The van der Waals surface area contributed by atoms with Gasteiger partial charge in [-0.3, -0.25) is 4.72 Å². The number of nitrogens with zero attached hydrogens (tertiary/aromatic N) is 5. The Kier molecular flexibility index (Phi) is 8.90. The first-order valence-corrected chi connectivity index (χ1v) is 14.4. The van der Waals surface area contributed by atoms with E-state index in [1.807, 2.05) is 18.7 Å². The van der Waals surface area contributed by atoms with E-state index in [-0.39, 0.29) is 41.1 Å². The molecule has 1 aliphatic rings. The van der Waals surface area contributed by atoms with Crippen LogP contribution in [-0.4, -0.2) is 49.6 Å². The van der Waals surface area contributed by atoms with Gasteiger partial charge in [-0.2, -0.15) is 21.6 Å². The average Bonchev–Trinajstić information content (AvgIpc) is 2.91. The molecular weight excluding hydrogens is 561 g/mol. The number of carbonyl (C=O) groups is 1. The van der Waals surface area contributed by atoms with Crippen LogP contribution in [0.2, 0.25) is 0 Å². The molecule has 0 radical (unpaired) electrons. The molecule has 0 fully saturated rings. The largest absolute Gasteiger partial charge is 0.516 e. The molecule has 41 heavy (non-hydrogen) atoms. The monoisotopic (exact) mass is 590 g/mol. The van der Waals surface area contributed by atoms with E-state index in [1.54, 1.807) is 42.0 Å². The molecule has 0 bridgehead atoms. The highest BCUT2D eigenvalue weighted by molar-refractivity contribution is 7.93. The molecule has 0 atom stereocenters. The molecule has 2 aromatic carbocycles. The lowest BCUT2D eigenvalue weighted by Gasteiger charge is -2.33. The predicted octanol–water partition coefficient (Wildman–Crippen LogP) is 6.41. The number of benzene rings is 2. The van der Waals surface area contributed by atoms with Crippen molar-refractivity contribution in [3.05, 3.63) is 59.8 Å². The van der Waals surface area contributed by atoms with Gasteiger partial charge in [0.05, 0.1) is 18.0 Å². The number of rotatable bonds is 9. The third-order valence-corrected chi connectivity index (χ3v) is 7.21. The van der Waals surface area contributed by atoms with Gasteiger partial charge in [0, 0.05) is 30.5 Å². The summed E-state index contributed by atoms with van der Waals surface area (Å²) in [5.41, 5.74) is -3.74. The lowest BCUT2D eigenvalue weighted by Crippen LogP contribution is -2.33.